The van der Waals surface area contributed by atoms with Gasteiger partial charge >= 0.3 is 5.97 Å². The molecule has 0 fully saturated rings. The second kappa shape index (κ2) is 6.78. The third-order valence-electron chi connectivity index (χ3n) is 3.05. The van der Waals surface area contributed by atoms with Crippen molar-refractivity contribution in [1.29, 1.82) is 0 Å². The van der Waals surface area contributed by atoms with E-state index in [1.807, 2.05) is 0 Å². The number of carbonyl (C=O) groups excluding carboxylic acids is 3. The SMILES string of the molecule is COC(=O)c1ccc(-c2cc(NC(C)=O)ncc2C=O)c(F)c1. The zero-order valence-corrected chi connectivity index (χ0v) is 12.4. The van der Waals surface area contributed by atoms with E-state index >= 15 is 0 Å². The van der Waals surface area contributed by atoms with Crippen molar-refractivity contribution in [2.75, 3.05) is 12.4 Å². The quantitative estimate of drug-likeness (QED) is 0.691. The molecule has 0 unspecified atom stereocenters. The Morgan fingerprint density at radius 3 is 2.57 bits per heavy atom. The summed E-state index contributed by atoms with van der Waals surface area (Å²) in [6.07, 6.45) is 1.77. The summed E-state index contributed by atoms with van der Waals surface area (Å²) in [7, 11) is 1.20. The minimum Gasteiger partial charge on any atom is -0.465 e. The zero-order valence-electron chi connectivity index (χ0n) is 12.4. The molecule has 23 heavy (non-hydrogen) atoms. The highest BCUT2D eigenvalue weighted by Crippen LogP contribution is 2.28. The van der Waals surface area contributed by atoms with Gasteiger partial charge in [0.05, 0.1) is 12.7 Å². The molecule has 0 saturated heterocycles. The van der Waals surface area contributed by atoms with E-state index in [1.165, 1.54) is 38.4 Å². The summed E-state index contributed by atoms with van der Waals surface area (Å²) >= 11 is 0. The van der Waals surface area contributed by atoms with Gasteiger partial charge in [0.15, 0.2) is 6.29 Å². The van der Waals surface area contributed by atoms with Crippen LogP contribution >= 0.6 is 0 Å². The van der Waals surface area contributed by atoms with Gasteiger partial charge in [-0.15, -0.1) is 0 Å². The van der Waals surface area contributed by atoms with Crippen molar-refractivity contribution in [2.24, 2.45) is 0 Å². The minimum absolute atomic E-state index is 0.0533. The molecular weight excluding hydrogens is 303 g/mol. The summed E-state index contributed by atoms with van der Waals surface area (Å²) in [5.41, 5.74) is 0.572. The summed E-state index contributed by atoms with van der Waals surface area (Å²) in [5, 5.41) is 2.46. The molecule has 2 aromatic rings. The highest BCUT2D eigenvalue weighted by Gasteiger charge is 2.15. The van der Waals surface area contributed by atoms with Crippen LogP contribution in [0.2, 0.25) is 0 Å². The predicted octanol–water partition coefficient (Wildman–Crippen LogP) is 2.45. The first-order valence-electron chi connectivity index (χ1n) is 6.57. The highest BCUT2D eigenvalue weighted by atomic mass is 19.1. The summed E-state index contributed by atoms with van der Waals surface area (Å²) < 4.78 is 18.8. The lowest BCUT2D eigenvalue weighted by Crippen LogP contribution is -2.08. The van der Waals surface area contributed by atoms with E-state index in [9.17, 15) is 18.8 Å². The number of benzene rings is 1. The van der Waals surface area contributed by atoms with Crippen LogP contribution in [0.25, 0.3) is 11.1 Å². The van der Waals surface area contributed by atoms with Gasteiger partial charge < -0.3 is 10.1 Å². The molecule has 0 aliphatic heterocycles. The van der Waals surface area contributed by atoms with E-state index in [1.54, 1.807) is 0 Å². The molecule has 118 valence electrons. The smallest absolute Gasteiger partial charge is 0.337 e. The van der Waals surface area contributed by atoms with Gasteiger partial charge in [-0.2, -0.15) is 0 Å². The molecule has 7 heteroatoms. The number of amides is 1. The number of ether oxygens (including phenoxy) is 1. The first kappa shape index (κ1) is 16.3. The van der Waals surface area contributed by atoms with E-state index in [4.69, 9.17) is 0 Å². The summed E-state index contributed by atoms with van der Waals surface area (Å²) in [4.78, 5) is 37.5. The molecule has 0 saturated carbocycles. The number of rotatable bonds is 4. The second-order valence-corrected chi connectivity index (χ2v) is 4.64. The Labute approximate surface area is 131 Å². The molecular formula is C16H13FN2O4. The molecule has 0 radical (unpaired) electrons. The number of esters is 1. The molecule has 1 aromatic heterocycles. The number of nitrogens with zero attached hydrogens (tertiary/aromatic N) is 1. The molecule has 1 heterocycles. The van der Waals surface area contributed by atoms with Crippen LogP contribution in [0.5, 0.6) is 0 Å². The molecule has 1 aromatic carbocycles. The minimum atomic E-state index is -0.698. The number of nitrogens with one attached hydrogen (secondary N) is 1. The van der Waals surface area contributed by atoms with Crippen LogP contribution < -0.4 is 5.32 Å². The number of hydrogen-bond donors (Lipinski definition) is 1. The molecule has 1 amide bonds. The number of carbonyl (C=O) groups is 3. The van der Waals surface area contributed by atoms with Gasteiger partial charge in [-0.3, -0.25) is 9.59 Å². The van der Waals surface area contributed by atoms with E-state index in [0.29, 0.717) is 6.29 Å². The maximum atomic E-state index is 14.3. The number of anilines is 1. The monoisotopic (exact) mass is 316 g/mol. The molecule has 6 nitrogen and oxygen atoms in total. The Kier molecular flexibility index (Phi) is 4.80. The van der Waals surface area contributed by atoms with Gasteiger partial charge in [0.1, 0.15) is 11.6 Å². The molecule has 0 atom stereocenters. The Hall–Kier alpha value is -3.09. The van der Waals surface area contributed by atoms with Crippen LogP contribution in [0.4, 0.5) is 10.2 Å². The Morgan fingerprint density at radius 2 is 2.00 bits per heavy atom. The lowest BCUT2D eigenvalue weighted by atomic mass is 10.00. The average Bonchev–Trinajstić information content (AvgIpc) is 2.53. The van der Waals surface area contributed by atoms with Crippen LogP contribution in [0.3, 0.4) is 0 Å². The third-order valence-corrected chi connectivity index (χ3v) is 3.05. The summed E-state index contributed by atoms with van der Waals surface area (Å²) in [6.45, 7) is 1.31. The van der Waals surface area contributed by atoms with Gasteiger partial charge in [0.2, 0.25) is 5.91 Å². The third kappa shape index (κ3) is 3.57. The second-order valence-electron chi connectivity index (χ2n) is 4.64. The number of pyridine rings is 1. The Bertz CT molecular complexity index is 790. The van der Waals surface area contributed by atoms with E-state index < -0.39 is 11.8 Å². The van der Waals surface area contributed by atoms with E-state index in [0.717, 1.165) is 6.07 Å². The Balaban J connectivity index is 2.53. The zero-order chi connectivity index (χ0) is 17.0. The van der Waals surface area contributed by atoms with Crippen molar-refractivity contribution in [3.8, 4) is 11.1 Å². The first-order chi connectivity index (χ1) is 11.0. The van der Waals surface area contributed by atoms with Gasteiger partial charge in [-0.05, 0) is 18.2 Å². The van der Waals surface area contributed by atoms with E-state index in [-0.39, 0.29) is 34.0 Å². The number of methoxy groups -OCH3 is 1. The van der Waals surface area contributed by atoms with Crippen molar-refractivity contribution in [2.45, 2.75) is 6.92 Å². The van der Waals surface area contributed by atoms with Crippen molar-refractivity contribution >= 4 is 24.0 Å². The molecule has 2 rings (SSSR count). The van der Waals surface area contributed by atoms with Crippen LogP contribution in [0, 0.1) is 5.82 Å². The lowest BCUT2D eigenvalue weighted by Gasteiger charge is -2.10. The first-order valence-corrected chi connectivity index (χ1v) is 6.57. The normalized spacial score (nSPS) is 10.0. The van der Waals surface area contributed by atoms with Crippen molar-refractivity contribution < 1.29 is 23.5 Å². The fourth-order valence-corrected chi connectivity index (χ4v) is 2.02. The fourth-order valence-electron chi connectivity index (χ4n) is 2.02. The van der Waals surface area contributed by atoms with Gasteiger partial charge in [0.25, 0.3) is 0 Å². The maximum absolute atomic E-state index is 14.3. The lowest BCUT2D eigenvalue weighted by molar-refractivity contribution is -0.114. The van der Waals surface area contributed by atoms with Gasteiger partial charge in [0, 0.05) is 29.8 Å². The standard InChI is InChI=1S/C16H13FN2O4/c1-9(21)19-15-6-13(11(8-20)7-18-15)12-4-3-10(5-14(12)17)16(22)23-2/h3-8H,1-2H3,(H,18,19,21). The average molecular weight is 316 g/mol. The van der Waals surface area contributed by atoms with Crippen molar-refractivity contribution in [3.63, 3.8) is 0 Å². The molecule has 0 bridgehead atoms. The highest BCUT2D eigenvalue weighted by molar-refractivity contribution is 5.93. The molecule has 0 aliphatic rings. The number of halogens is 1. The molecule has 1 N–H and O–H groups in total. The number of hydrogen-bond acceptors (Lipinski definition) is 5. The van der Waals surface area contributed by atoms with Crippen molar-refractivity contribution in [3.05, 3.63) is 47.4 Å². The van der Waals surface area contributed by atoms with Crippen LogP contribution in [-0.2, 0) is 9.53 Å². The summed E-state index contributed by atoms with van der Waals surface area (Å²) in [5.74, 6) is -1.52. The Morgan fingerprint density at radius 1 is 1.26 bits per heavy atom. The van der Waals surface area contributed by atoms with Crippen molar-refractivity contribution in [1.82, 2.24) is 4.98 Å². The topological polar surface area (TPSA) is 85.4 Å². The van der Waals surface area contributed by atoms with Crippen LogP contribution in [-0.4, -0.2) is 30.3 Å². The predicted molar refractivity (Wildman–Crippen MR) is 80.7 cm³/mol. The van der Waals surface area contributed by atoms with Gasteiger partial charge in [-0.1, -0.05) is 6.07 Å². The van der Waals surface area contributed by atoms with Crippen LogP contribution in [0.1, 0.15) is 27.6 Å². The van der Waals surface area contributed by atoms with Crippen LogP contribution in [0.15, 0.2) is 30.5 Å². The molecule has 0 spiro atoms. The van der Waals surface area contributed by atoms with E-state index in [2.05, 4.69) is 15.0 Å². The molecule has 0 aliphatic carbocycles. The maximum Gasteiger partial charge on any atom is 0.337 e. The fraction of sp³-hybridized carbons (Fsp3) is 0.125. The number of aldehydes is 1. The summed E-state index contributed by atoms with van der Waals surface area (Å²) in [6, 6.07) is 5.16. The number of aromatic nitrogens is 1. The van der Waals surface area contributed by atoms with Gasteiger partial charge in [-0.25, -0.2) is 14.2 Å². The largest absolute Gasteiger partial charge is 0.465 e.